The fraction of sp³-hybridized carbons (Fsp3) is 0.364. The van der Waals surface area contributed by atoms with Gasteiger partial charge < -0.3 is 5.73 Å². The van der Waals surface area contributed by atoms with E-state index in [4.69, 9.17) is 5.73 Å². The van der Waals surface area contributed by atoms with Crippen molar-refractivity contribution in [2.24, 2.45) is 5.73 Å². The summed E-state index contributed by atoms with van der Waals surface area (Å²) in [6, 6.07) is 6.42. The number of rotatable bonds is 2. The van der Waals surface area contributed by atoms with Crippen LogP contribution in [0, 0.1) is 0 Å². The quantitative estimate of drug-likeness (QED) is 0.876. The van der Waals surface area contributed by atoms with Gasteiger partial charge in [0.25, 0.3) is 0 Å². The highest BCUT2D eigenvalue weighted by Crippen LogP contribution is 2.47. The van der Waals surface area contributed by atoms with Crippen LogP contribution in [0.25, 0.3) is 10.9 Å². The SMILES string of the molecule is NCC1(c2ccc3c(Br)[nH]nc3c2)CC1. The molecular weight excluding hydrogens is 254 g/mol. The number of hydrogen-bond acceptors (Lipinski definition) is 2. The predicted molar refractivity (Wildman–Crippen MR) is 63.8 cm³/mol. The number of aromatic nitrogens is 2. The largest absolute Gasteiger partial charge is 0.330 e. The van der Waals surface area contributed by atoms with Crippen molar-refractivity contribution < 1.29 is 0 Å². The van der Waals surface area contributed by atoms with Crippen LogP contribution in [0.1, 0.15) is 18.4 Å². The molecule has 3 N–H and O–H groups in total. The molecule has 0 spiro atoms. The summed E-state index contributed by atoms with van der Waals surface area (Å²) in [5.74, 6) is 0. The standard InChI is InChI=1S/C11H12BrN3/c12-10-8-2-1-7(5-9(8)14-15-10)11(6-13)3-4-11/h1-2,5H,3-4,6,13H2,(H,14,15). The van der Waals surface area contributed by atoms with E-state index in [0.717, 1.165) is 22.1 Å². The van der Waals surface area contributed by atoms with Gasteiger partial charge in [-0.15, -0.1) is 0 Å². The molecule has 1 aliphatic carbocycles. The molecule has 1 fully saturated rings. The van der Waals surface area contributed by atoms with E-state index in [9.17, 15) is 0 Å². The number of fused-ring (bicyclic) bond motifs is 1. The minimum absolute atomic E-state index is 0.250. The van der Waals surface area contributed by atoms with Crippen LogP contribution in [0.4, 0.5) is 0 Å². The second-order valence-corrected chi connectivity index (χ2v) is 5.05. The van der Waals surface area contributed by atoms with Crippen LogP contribution < -0.4 is 5.73 Å². The van der Waals surface area contributed by atoms with Gasteiger partial charge in [-0.2, -0.15) is 5.10 Å². The molecule has 1 heterocycles. The van der Waals surface area contributed by atoms with Gasteiger partial charge in [0, 0.05) is 17.3 Å². The Morgan fingerprint density at radius 3 is 2.93 bits per heavy atom. The van der Waals surface area contributed by atoms with Crippen LogP contribution in [0.15, 0.2) is 22.8 Å². The Bertz CT molecular complexity index is 514. The number of halogens is 1. The summed E-state index contributed by atoms with van der Waals surface area (Å²) in [6.07, 6.45) is 2.42. The molecule has 0 amide bonds. The number of nitrogens with two attached hydrogens (primary N) is 1. The molecule has 1 aromatic heterocycles. The van der Waals surface area contributed by atoms with Gasteiger partial charge in [0.15, 0.2) is 0 Å². The van der Waals surface area contributed by atoms with E-state index in [1.807, 2.05) is 0 Å². The highest BCUT2D eigenvalue weighted by atomic mass is 79.9. The maximum Gasteiger partial charge on any atom is 0.108 e. The lowest BCUT2D eigenvalue weighted by Crippen LogP contribution is -2.19. The zero-order valence-corrected chi connectivity index (χ0v) is 9.84. The molecule has 0 bridgehead atoms. The molecule has 0 aliphatic heterocycles. The molecule has 1 aromatic carbocycles. The van der Waals surface area contributed by atoms with Crippen LogP contribution >= 0.6 is 15.9 Å². The third-order valence-electron chi connectivity index (χ3n) is 3.37. The summed E-state index contributed by atoms with van der Waals surface area (Å²) in [4.78, 5) is 0. The predicted octanol–water partition coefficient (Wildman–Crippen LogP) is 2.32. The topological polar surface area (TPSA) is 54.7 Å². The summed E-state index contributed by atoms with van der Waals surface area (Å²) in [5, 5.41) is 8.30. The molecule has 0 saturated heterocycles. The molecule has 1 saturated carbocycles. The average molecular weight is 266 g/mol. The number of H-pyrrole nitrogens is 1. The van der Waals surface area contributed by atoms with Crippen molar-refractivity contribution in [3.05, 3.63) is 28.4 Å². The van der Waals surface area contributed by atoms with Crippen molar-refractivity contribution >= 4 is 26.8 Å². The molecule has 3 nitrogen and oxygen atoms in total. The average Bonchev–Trinajstić information content (AvgIpc) is 2.99. The Balaban J connectivity index is 2.14. The van der Waals surface area contributed by atoms with Gasteiger partial charge in [0.2, 0.25) is 0 Å². The monoisotopic (exact) mass is 265 g/mol. The fourth-order valence-electron chi connectivity index (χ4n) is 2.07. The Morgan fingerprint density at radius 1 is 1.47 bits per heavy atom. The summed E-state index contributed by atoms with van der Waals surface area (Å²) >= 11 is 3.43. The van der Waals surface area contributed by atoms with Gasteiger partial charge in [0.1, 0.15) is 4.60 Å². The van der Waals surface area contributed by atoms with Crippen molar-refractivity contribution in [3.63, 3.8) is 0 Å². The summed E-state index contributed by atoms with van der Waals surface area (Å²) < 4.78 is 0.946. The molecule has 2 aromatic rings. The molecule has 15 heavy (non-hydrogen) atoms. The summed E-state index contributed by atoms with van der Waals surface area (Å²) in [6.45, 7) is 0.740. The molecule has 78 valence electrons. The van der Waals surface area contributed by atoms with Crippen molar-refractivity contribution in [3.8, 4) is 0 Å². The minimum atomic E-state index is 0.250. The lowest BCUT2D eigenvalue weighted by molar-refractivity contribution is 0.705. The Labute approximate surface area is 96.2 Å². The van der Waals surface area contributed by atoms with E-state index in [2.05, 4.69) is 44.3 Å². The molecule has 0 unspecified atom stereocenters. The van der Waals surface area contributed by atoms with Gasteiger partial charge >= 0.3 is 0 Å². The van der Waals surface area contributed by atoms with Crippen LogP contribution in [-0.4, -0.2) is 16.7 Å². The lowest BCUT2D eigenvalue weighted by Gasteiger charge is -2.12. The number of benzene rings is 1. The molecule has 0 atom stereocenters. The van der Waals surface area contributed by atoms with Gasteiger partial charge in [-0.1, -0.05) is 6.07 Å². The number of hydrogen-bond donors (Lipinski definition) is 2. The zero-order valence-electron chi connectivity index (χ0n) is 8.26. The fourth-order valence-corrected chi connectivity index (χ4v) is 2.49. The maximum absolute atomic E-state index is 5.81. The van der Waals surface area contributed by atoms with Gasteiger partial charge in [-0.3, -0.25) is 5.10 Å². The number of nitrogens with zero attached hydrogens (tertiary/aromatic N) is 1. The van der Waals surface area contributed by atoms with Crippen molar-refractivity contribution in [1.29, 1.82) is 0 Å². The summed E-state index contributed by atoms with van der Waals surface area (Å²) in [5.41, 5.74) is 8.41. The normalized spacial score (nSPS) is 18.3. The third kappa shape index (κ3) is 1.32. The second-order valence-electron chi connectivity index (χ2n) is 4.25. The van der Waals surface area contributed by atoms with Gasteiger partial charge in [-0.25, -0.2) is 0 Å². The number of nitrogens with one attached hydrogen (secondary N) is 1. The van der Waals surface area contributed by atoms with E-state index in [1.54, 1.807) is 0 Å². The van der Waals surface area contributed by atoms with Crippen LogP contribution in [0.3, 0.4) is 0 Å². The van der Waals surface area contributed by atoms with Crippen LogP contribution in [0.2, 0.25) is 0 Å². The molecular formula is C11H12BrN3. The van der Waals surface area contributed by atoms with Crippen LogP contribution in [0.5, 0.6) is 0 Å². The Kier molecular flexibility index (Phi) is 1.91. The minimum Gasteiger partial charge on any atom is -0.330 e. The first kappa shape index (κ1) is 9.36. The van der Waals surface area contributed by atoms with E-state index < -0.39 is 0 Å². The highest BCUT2D eigenvalue weighted by molar-refractivity contribution is 9.10. The molecule has 4 heteroatoms. The zero-order chi connectivity index (χ0) is 10.5. The second kappa shape index (κ2) is 3.06. The van der Waals surface area contributed by atoms with E-state index >= 15 is 0 Å². The van der Waals surface area contributed by atoms with Gasteiger partial charge in [-0.05, 0) is 46.5 Å². The molecule has 0 radical (unpaired) electrons. The van der Waals surface area contributed by atoms with Crippen LogP contribution in [-0.2, 0) is 5.41 Å². The lowest BCUT2D eigenvalue weighted by atomic mass is 9.95. The molecule has 3 rings (SSSR count). The summed E-state index contributed by atoms with van der Waals surface area (Å²) in [7, 11) is 0. The van der Waals surface area contributed by atoms with Gasteiger partial charge in [0.05, 0.1) is 5.52 Å². The molecule has 1 aliphatic rings. The van der Waals surface area contributed by atoms with E-state index in [-0.39, 0.29) is 5.41 Å². The first-order valence-corrected chi connectivity index (χ1v) is 5.89. The maximum atomic E-state index is 5.81. The Hall–Kier alpha value is -0.870. The van der Waals surface area contributed by atoms with E-state index in [0.29, 0.717) is 0 Å². The third-order valence-corrected chi connectivity index (χ3v) is 3.97. The highest BCUT2D eigenvalue weighted by Gasteiger charge is 2.42. The first-order valence-electron chi connectivity index (χ1n) is 5.09. The Morgan fingerprint density at radius 2 is 2.27 bits per heavy atom. The van der Waals surface area contributed by atoms with Crippen molar-refractivity contribution in [2.75, 3.05) is 6.54 Å². The van der Waals surface area contributed by atoms with E-state index in [1.165, 1.54) is 18.4 Å². The van der Waals surface area contributed by atoms with Crippen molar-refractivity contribution in [1.82, 2.24) is 10.2 Å². The smallest absolute Gasteiger partial charge is 0.108 e. The van der Waals surface area contributed by atoms with Crippen molar-refractivity contribution in [2.45, 2.75) is 18.3 Å². The first-order chi connectivity index (χ1) is 7.25. The number of aromatic amines is 1.